The van der Waals surface area contributed by atoms with Crippen LogP contribution in [0.15, 0.2) is 30.5 Å². The predicted molar refractivity (Wildman–Crippen MR) is 71.0 cm³/mol. The third kappa shape index (κ3) is 2.49. The first-order chi connectivity index (χ1) is 8.08. The predicted octanol–water partition coefficient (Wildman–Crippen LogP) is 2.95. The monoisotopic (exact) mass is 229 g/mol. The van der Waals surface area contributed by atoms with Gasteiger partial charge in [-0.05, 0) is 24.0 Å². The maximum atomic E-state index is 5.95. The maximum absolute atomic E-state index is 5.95. The van der Waals surface area contributed by atoms with Gasteiger partial charge in [-0.3, -0.25) is 4.68 Å². The van der Waals surface area contributed by atoms with Crippen molar-refractivity contribution in [1.29, 1.82) is 0 Å². The van der Waals surface area contributed by atoms with Crippen LogP contribution in [0.4, 0.5) is 5.69 Å². The Morgan fingerprint density at radius 2 is 2.00 bits per heavy atom. The highest BCUT2D eigenvalue weighted by Crippen LogP contribution is 2.20. The van der Waals surface area contributed by atoms with Gasteiger partial charge in [0.1, 0.15) is 0 Å². The number of hydrogen-bond acceptors (Lipinski definition) is 2. The molecule has 90 valence electrons. The zero-order chi connectivity index (χ0) is 12.4. The molecule has 1 aromatic carbocycles. The third-order valence-corrected chi connectivity index (χ3v) is 2.96. The van der Waals surface area contributed by atoms with E-state index in [-0.39, 0.29) is 0 Å². The molecule has 0 atom stereocenters. The van der Waals surface area contributed by atoms with Crippen LogP contribution in [0.3, 0.4) is 0 Å². The summed E-state index contributed by atoms with van der Waals surface area (Å²) < 4.78 is 1.92. The lowest BCUT2D eigenvalue weighted by Crippen LogP contribution is -2.03. The van der Waals surface area contributed by atoms with Crippen molar-refractivity contribution in [2.24, 2.45) is 0 Å². The molecule has 3 heteroatoms. The molecule has 3 nitrogen and oxygen atoms in total. The van der Waals surface area contributed by atoms with E-state index in [1.54, 1.807) is 0 Å². The van der Waals surface area contributed by atoms with Crippen molar-refractivity contribution >= 4 is 5.69 Å². The molecule has 0 radical (unpaired) electrons. The Bertz CT molecular complexity index is 512. The second kappa shape index (κ2) is 4.62. The van der Waals surface area contributed by atoms with E-state index in [0.29, 0.717) is 5.92 Å². The second-order valence-corrected chi connectivity index (χ2v) is 4.75. The Morgan fingerprint density at radius 1 is 1.29 bits per heavy atom. The molecular formula is C14H19N3. The fraction of sp³-hybridized carbons (Fsp3) is 0.357. The van der Waals surface area contributed by atoms with E-state index < -0.39 is 0 Å². The summed E-state index contributed by atoms with van der Waals surface area (Å²) in [6, 6.07) is 8.35. The minimum atomic E-state index is 0.369. The number of anilines is 1. The SMILES string of the molecule is Cc1ccccc1Cn1cc(N)c(C(C)C)n1. The smallest absolute Gasteiger partial charge is 0.0879 e. The molecule has 2 N–H and O–H groups in total. The highest BCUT2D eigenvalue weighted by atomic mass is 15.3. The molecule has 0 spiro atoms. The molecule has 1 heterocycles. The Kier molecular flexibility index (Phi) is 3.18. The van der Waals surface area contributed by atoms with Crippen molar-refractivity contribution in [3.63, 3.8) is 0 Å². The Morgan fingerprint density at radius 3 is 2.59 bits per heavy atom. The lowest BCUT2D eigenvalue weighted by molar-refractivity contribution is 0.655. The van der Waals surface area contributed by atoms with E-state index in [2.05, 4.69) is 50.1 Å². The van der Waals surface area contributed by atoms with E-state index in [0.717, 1.165) is 17.9 Å². The number of aryl methyl sites for hydroxylation is 1. The molecule has 0 saturated carbocycles. The lowest BCUT2D eigenvalue weighted by atomic mass is 10.1. The number of nitrogens with two attached hydrogens (primary N) is 1. The first kappa shape index (κ1) is 11.7. The summed E-state index contributed by atoms with van der Waals surface area (Å²) in [7, 11) is 0. The average molecular weight is 229 g/mol. The van der Waals surface area contributed by atoms with E-state index in [1.165, 1.54) is 11.1 Å². The van der Waals surface area contributed by atoms with Crippen LogP contribution in [0, 0.1) is 6.92 Å². The van der Waals surface area contributed by atoms with Crippen LogP contribution in [0.1, 0.15) is 36.6 Å². The van der Waals surface area contributed by atoms with Gasteiger partial charge in [-0.15, -0.1) is 0 Å². The van der Waals surface area contributed by atoms with Gasteiger partial charge in [0.15, 0.2) is 0 Å². The summed E-state index contributed by atoms with van der Waals surface area (Å²) in [4.78, 5) is 0. The molecule has 0 fully saturated rings. The quantitative estimate of drug-likeness (QED) is 0.879. The number of hydrogen-bond donors (Lipinski definition) is 1. The van der Waals surface area contributed by atoms with Crippen LogP contribution >= 0.6 is 0 Å². The van der Waals surface area contributed by atoms with Crippen LogP contribution in [0.5, 0.6) is 0 Å². The van der Waals surface area contributed by atoms with Gasteiger partial charge in [-0.1, -0.05) is 38.1 Å². The van der Waals surface area contributed by atoms with E-state index in [1.807, 2.05) is 10.9 Å². The van der Waals surface area contributed by atoms with Crippen molar-refractivity contribution in [2.45, 2.75) is 33.2 Å². The van der Waals surface area contributed by atoms with Gasteiger partial charge in [-0.2, -0.15) is 5.10 Å². The summed E-state index contributed by atoms with van der Waals surface area (Å²) >= 11 is 0. The minimum Gasteiger partial charge on any atom is -0.396 e. The highest BCUT2D eigenvalue weighted by Gasteiger charge is 2.10. The van der Waals surface area contributed by atoms with Crippen LogP contribution in [-0.4, -0.2) is 9.78 Å². The van der Waals surface area contributed by atoms with Gasteiger partial charge in [0, 0.05) is 6.20 Å². The van der Waals surface area contributed by atoms with Gasteiger partial charge >= 0.3 is 0 Å². The highest BCUT2D eigenvalue weighted by molar-refractivity contribution is 5.42. The van der Waals surface area contributed by atoms with E-state index >= 15 is 0 Å². The largest absolute Gasteiger partial charge is 0.396 e. The summed E-state index contributed by atoms with van der Waals surface area (Å²) in [5.74, 6) is 0.369. The number of nitrogen functional groups attached to an aromatic ring is 1. The van der Waals surface area contributed by atoms with Gasteiger partial charge < -0.3 is 5.73 Å². The first-order valence-electron chi connectivity index (χ1n) is 5.95. The van der Waals surface area contributed by atoms with Gasteiger partial charge in [0.05, 0.1) is 17.9 Å². The fourth-order valence-corrected chi connectivity index (χ4v) is 1.94. The van der Waals surface area contributed by atoms with Gasteiger partial charge in [-0.25, -0.2) is 0 Å². The van der Waals surface area contributed by atoms with Crippen LogP contribution < -0.4 is 5.73 Å². The average Bonchev–Trinajstić information content (AvgIpc) is 2.63. The summed E-state index contributed by atoms with van der Waals surface area (Å²) in [6.45, 7) is 7.11. The van der Waals surface area contributed by atoms with Crippen LogP contribution in [0.2, 0.25) is 0 Å². The Balaban J connectivity index is 2.25. The van der Waals surface area contributed by atoms with E-state index in [4.69, 9.17) is 5.73 Å². The van der Waals surface area contributed by atoms with Gasteiger partial charge in [0.2, 0.25) is 0 Å². The summed E-state index contributed by atoms with van der Waals surface area (Å²) in [5, 5.41) is 4.54. The first-order valence-corrected chi connectivity index (χ1v) is 5.95. The molecule has 0 aliphatic carbocycles. The van der Waals surface area contributed by atoms with Crippen molar-refractivity contribution in [2.75, 3.05) is 5.73 Å². The summed E-state index contributed by atoms with van der Waals surface area (Å²) in [6.07, 6.45) is 1.92. The lowest BCUT2D eigenvalue weighted by Gasteiger charge is -2.05. The van der Waals surface area contributed by atoms with Crippen LogP contribution in [-0.2, 0) is 6.54 Å². The molecule has 0 aliphatic heterocycles. The number of aromatic nitrogens is 2. The van der Waals surface area contributed by atoms with Gasteiger partial charge in [0.25, 0.3) is 0 Å². The second-order valence-electron chi connectivity index (χ2n) is 4.75. The molecule has 17 heavy (non-hydrogen) atoms. The topological polar surface area (TPSA) is 43.8 Å². The van der Waals surface area contributed by atoms with Crippen molar-refractivity contribution < 1.29 is 0 Å². The molecule has 2 aromatic rings. The molecular weight excluding hydrogens is 210 g/mol. The number of benzene rings is 1. The van der Waals surface area contributed by atoms with Crippen LogP contribution in [0.25, 0.3) is 0 Å². The molecule has 0 aliphatic rings. The van der Waals surface area contributed by atoms with Crippen molar-refractivity contribution in [3.05, 3.63) is 47.3 Å². The van der Waals surface area contributed by atoms with Crippen molar-refractivity contribution in [1.82, 2.24) is 9.78 Å². The third-order valence-electron chi connectivity index (χ3n) is 2.96. The number of nitrogens with zero attached hydrogens (tertiary/aromatic N) is 2. The zero-order valence-corrected chi connectivity index (χ0v) is 10.6. The molecule has 0 bridgehead atoms. The normalized spacial score (nSPS) is 11.1. The minimum absolute atomic E-state index is 0.369. The molecule has 0 unspecified atom stereocenters. The Hall–Kier alpha value is -1.77. The van der Waals surface area contributed by atoms with Crippen molar-refractivity contribution in [3.8, 4) is 0 Å². The molecule has 1 aromatic heterocycles. The fourth-order valence-electron chi connectivity index (χ4n) is 1.94. The molecule has 2 rings (SSSR count). The Labute approximate surface area is 102 Å². The molecule has 0 amide bonds. The summed E-state index contributed by atoms with van der Waals surface area (Å²) in [5.41, 5.74) is 10.3. The standard InChI is InChI=1S/C14H19N3/c1-10(2)14-13(15)9-17(16-14)8-12-7-5-4-6-11(12)3/h4-7,9-10H,8,15H2,1-3H3. The zero-order valence-electron chi connectivity index (χ0n) is 10.6. The maximum Gasteiger partial charge on any atom is 0.0879 e. The van der Waals surface area contributed by atoms with E-state index in [9.17, 15) is 0 Å². The number of rotatable bonds is 3. The molecule has 0 saturated heterocycles.